The molecule has 0 aliphatic carbocycles. The van der Waals surface area contributed by atoms with Gasteiger partial charge < -0.3 is 5.73 Å². The maximum atomic E-state index is 5.47. The van der Waals surface area contributed by atoms with Crippen LogP contribution in [-0.2, 0) is 0 Å². The van der Waals surface area contributed by atoms with Crippen molar-refractivity contribution in [1.29, 1.82) is 0 Å². The van der Waals surface area contributed by atoms with Crippen LogP contribution >= 0.6 is 0 Å². The van der Waals surface area contributed by atoms with Crippen LogP contribution in [0.25, 0.3) is 0 Å². The summed E-state index contributed by atoms with van der Waals surface area (Å²) in [5.74, 6) is 0. The topological polar surface area (TPSA) is 26.0 Å². The van der Waals surface area contributed by atoms with Gasteiger partial charge in [-0.1, -0.05) is 76.9 Å². The predicted octanol–water partition coefficient (Wildman–Crippen LogP) is 5.60. The van der Waals surface area contributed by atoms with Crippen LogP contribution in [0.15, 0.2) is 12.2 Å². The van der Waals surface area contributed by atoms with Crippen molar-refractivity contribution >= 4 is 68.9 Å². The van der Waals surface area contributed by atoms with E-state index in [1.807, 2.05) is 0 Å². The smallest absolute Gasteiger partial charge is 0 e. The van der Waals surface area contributed by atoms with Gasteiger partial charge in [0.2, 0.25) is 0 Å². The second-order valence-electron chi connectivity index (χ2n) is 5.73. The van der Waals surface area contributed by atoms with Gasteiger partial charge in [0.25, 0.3) is 0 Å². The molecule has 0 bridgehead atoms. The molecule has 0 fully saturated rings. The Balaban J connectivity index is 0. The van der Waals surface area contributed by atoms with E-state index in [9.17, 15) is 0 Å². The molecule has 0 unspecified atom stereocenters. The van der Waals surface area contributed by atoms with Gasteiger partial charge >= 0.3 is 0 Å². The van der Waals surface area contributed by atoms with E-state index in [0.29, 0.717) is 0 Å². The summed E-state index contributed by atoms with van der Waals surface area (Å²) in [6.45, 7) is 3.14. The van der Waals surface area contributed by atoms with E-state index in [0.717, 1.165) is 6.54 Å². The Morgan fingerprint density at radius 3 is 1.45 bits per heavy atom. The molecular weight excluding hydrogens is 363 g/mol. The SMILES string of the molecule is CCCCCCCC/C=C\CCCCCCCCN.[Cs]. The Hall–Kier alpha value is 1.75. The fourth-order valence-corrected chi connectivity index (χ4v) is 2.39. The summed E-state index contributed by atoms with van der Waals surface area (Å²) in [4.78, 5) is 0. The first-order chi connectivity index (χ1) is 9.41. The Morgan fingerprint density at radius 1 is 0.600 bits per heavy atom. The molecule has 115 valence electrons. The van der Waals surface area contributed by atoms with E-state index in [1.165, 1.54) is 89.9 Å². The number of allylic oxidation sites excluding steroid dienone is 2. The summed E-state index contributed by atoms with van der Waals surface area (Å²) in [6.07, 6.45) is 23.9. The van der Waals surface area contributed by atoms with Crippen molar-refractivity contribution < 1.29 is 0 Å². The maximum Gasteiger partial charge on any atom is 0 e. The number of hydrogen-bond donors (Lipinski definition) is 1. The Bertz CT molecular complexity index is 180. The summed E-state index contributed by atoms with van der Waals surface area (Å²) in [6, 6.07) is 0. The Morgan fingerprint density at radius 2 is 1.00 bits per heavy atom. The fourth-order valence-electron chi connectivity index (χ4n) is 2.39. The van der Waals surface area contributed by atoms with Crippen LogP contribution in [0, 0.1) is 0 Å². The summed E-state index contributed by atoms with van der Waals surface area (Å²) in [5.41, 5.74) is 5.47. The fraction of sp³-hybridized carbons (Fsp3) is 0.889. The first-order valence-corrected chi connectivity index (χ1v) is 8.77. The van der Waals surface area contributed by atoms with E-state index in [2.05, 4.69) is 19.1 Å². The third-order valence-corrected chi connectivity index (χ3v) is 3.72. The number of hydrogen-bond acceptors (Lipinski definition) is 1. The quantitative estimate of drug-likeness (QED) is 0.281. The minimum absolute atomic E-state index is 0. The van der Waals surface area contributed by atoms with E-state index in [1.54, 1.807) is 0 Å². The number of unbranched alkanes of at least 4 members (excludes halogenated alkanes) is 12. The van der Waals surface area contributed by atoms with Gasteiger partial charge in [0, 0.05) is 68.9 Å². The average Bonchev–Trinajstić information content (AvgIpc) is 2.43. The molecule has 0 saturated heterocycles. The van der Waals surface area contributed by atoms with E-state index >= 15 is 0 Å². The normalized spacial score (nSPS) is 10.9. The zero-order chi connectivity index (χ0) is 14.0. The molecule has 0 rings (SSSR count). The second kappa shape index (κ2) is 23.0. The molecule has 0 amide bonds. The molecule has 0 aromatic carbocycles. The van der Waals surface area contributed by atoms with Crippen LogP contribution in [-0.4, -0.2) is 75.4 Å². The third kappa shape index (κ3) is 22.0. The largest absolute Gasteiger partial charge is 0.330 e. The van der Waals surface area contributed by atoms with Gasteiger partial charge in [0.1, 0.15) is 0 Å². The van der Waals surface area contributed by atoms with Crippen LogP contribution < -0.4 is 5.73 Å². The molecule has 1 radical (unpaired) electrons. The van der Waals surface area contributed by atoms with Crippen molar-refractivity contribution in [3.63, 3.8) is 0 Å². The van der Waals surface area contributed by atoms with Gasteiger partial charge in [-0.3, -0.25) is 0 Å². The molecule has 0 saturated carbocycles. The monoisotopic (exact) mass is 400 g/mol. The Kier molecular flexibility index (Phi) is 27.6. The molecule has 1 nitrogen and oxygen atoms in total. The van der Waals surface area contributed by atoms with E-state index in [-0.39, 0.29) is 68.9 Å². The van der Waals surface area contributed by atoms with Gasteiger partial charge in [0.15, 0.2) is 0 Å². The minimum atomic E-state index is 0. The van der Waals surface area contributed by atoms with Crippen LogP contribution in [0.4, 0.5) is 0 Å². The first-order valence-electron chi connectivity index (χ1n) is 8.77. The van der Waals surface area contributed by atoms with Crippen LogP contribution in [0.5, 0.6) is 0 Å². The molecule has 0 aromatic rings. The van der Waals surface area contributed by atoms with Crippen LogP contribution in [0.2, 0.25) is 0 Å². The van der Waals surface area contributed by atoms with Gasteiger partial charge in [0.05, 0.1) is 0 Å². The zero-order valence-electron chi connectivity index (χ0n) is 14.3. The molecule has 0 heterocycles. The first kappa shape index (κ1) is 24.0. The molecule has 0 atom stereocenters. The number of nitrogens with two attached hydrogens (primary N) is 1. The molecule has 20 heavy (non-hydrogen) atoms. The van der Waals surface area contributed by atoms with Crippen molar-refractivity contribution in [1.82, 2.24) is 0 Å². The van der Waals surface area contributed by atoms with Crippen LogP contribution in [0.3, 0.4) is 0 Å². The van der Waals surface area contributed by atoms with Crippen molar-refractivity contribution in [3.8, 4) is 0 Å². The average molecular weight is 400 g/mol. The van der Waals surface area contributed by atoms with Crippen molar-refractivity contribution in [2.45, 2.75) is 96.8 Å². The second-order valence-corrected chi connectivity index (χ2v) is 5.73. The van der Waals surface area contributed by atoms with Crippen LogP contribution in [0.1, 0.15) is 96.8 Å². The Labute approximate surface area is 187 Å². The number of rotatable bonds is 15. The summed E-state index contributed by atoms with van der Waals surface area (Å²) < 4.78 is 0. The summed E-state index contributed by atoms with van der Waals surface area (Å²) >= 11 is 0. The molecule has 0 aromatic heterocycles. The van der Waals surface area contributed by atoms with Gasteiger partial charge in [-0.15, -0.1) is 0 Å². The molecule has 0 aliphatic heterocycles. The molecule has 0 aliphatic rings. The van der Waals surface area contributed by atoms with Gasteiger partial charge in [-0.25, -0.2) is 0 Å². The standard InChI is InChI=1S/C18H37N.Cs/c1-2-3-4-5-6-7-8-9-10-11-12-13-14-15-16-17-18-19;/h9-10H,2-8,11-19H2,1H3;/b10-9-;. The third-order valence-electron chi connectivity index (χ3n) is 3.72. The van der Waals surface area contributed by atoms with E-state index < -0.39 is 0 Å². The van der Waals surface area contributed by atoms with Crippen molar-refractivity contribution in [2.24, 2.45) is 5.73 Å². The predicted molar refractivity (Wildman–Crippen MR) is 94.3 cm³/mol. The van der Waals surface area contributed by atoms with Gasteiger partial charge in [-0.2, -0.15) is 0 Å². The zero-order valence-corrected chi connectivity index (χ0v) is 20.6. The maximum absolute atomic E-state index is 5.47. The summed E-state index contributed by atoms with van der Waals surface area (Å²) in [7, 11) is 0. The summed E-state index contributed by atoms with van der Waals surface area (Å²) in [5, 5.41) is 0. The molecule has 2 heteroatoms. The van der Waals surface area contributed by atoms with Crippen molar-refractivity contribution in [2.75, 3.05) is 6.54 Å². The van der Waals surface area contributed by atoms with Crippen molar-refractivity contribution in [3.05, 3.63) is 12.2 Å². The molecular formula is C18H37CsN. The van der Waals surface area contributed by atoms with Gasteiger partial charge in [-0.05, 0) is 38.6 Å². The van der Waals surface area contributed by atoms with E-state index in [4.69, 9.17) is 5.73 Å². The molecule has 2 N–H and O–H groups in total. The molecule has 0 spiro atoms. The minimum Gasteiger partial charge on any atom is -0.330 e.